The lowest BCUT2D eigenvalue weighted by atomic mass is 9.87. The Morgan fingerprint density at radius 2 is 1.76 bits per heavy atom. The van der Waals surface area contributed by atoms with Crippen molar-refractivity contribution in [1.29, 1.82) is 0 Å². The number of aryl methyl sites for hydroxylation is 2. The van der Waals surface area contributed by atoms with Crippen molar-refractivity contribution in [2.45, 2.75) is 182 Å². The van der Waals surface area contributed by atoms with Gasteiger partial charge in [-0.25, -0.2) is 14.4 Å². The summed E-state index contributed by atoms with van der Waals surface area (Å²) in [6, 6.07) is 8.41. The van der Waals surface area contributed by atoms with E-state index in [9.17, 15) is 4.79 Å². The number of piperidine rings is 1. The second kappa shape index (κ2) is 23.7. The van der Waals surface area contributed by atoms with E-state index in [1.54, 1.807) is 5.57 Å². The van der Waals surface area contributed by atoms with Gasteiger partial charge < -0.3 is 20.4 Å². The van der Waals surface area contributed by atoms with Crippen LogP contribution in [-0.2, 0) is 13.0 Å². The number of unbranched alkanes of at least 4 members (excludes halogenated alkanes) is 4. The van der Waals surface area contributed by atoms with Gasteiger partial charge in [0.15, 0.2) is 0 Å². The standard InChI is InChI=1S/C60H83FN6O/c1-11-44-21-18-19-23-51(44)45(12-2)32-40(6)42(8)63-59-56-33-46(13-3)53(37-58(56)64-43(9)65-59)52-34-48(52)22-17-15-14-16-20-28-66-29-26-47(27-30-66)54-35-49-38-67(60(68)55(49)36-57(54)61)50(31-39(4)5)25-24-41(7)62-10/h12,19,23,31-33,35-37,42,47-48,50,52,62H,7,11,13-18,20-22,24-30,34,38H2,1-6,8-10H3,(H,63,64,65)/b40-32+,45-12+. The molecule has 0 spiro atoms. The van der Waals surface area contributed by atoms with E-state index in [1.807, 2.05) is 24.9 Å². The second-order valence-corrected chi connectivity index (χ2v) is 20.8. The summed E-state index contributed by atoms with van der Waals surface area (Å²) in [4.78, 5) is 28.0. The van der Waals surface area contributed by atoms with Gasteiger partial charge in [0.25, 0.3) is 5.91 Å². The highest BCUT2D eigenvalue weighted by atomic mass is 19.1. The molecule has 2 N–H and O–H groups in total. The average molecular weight is 923 g/mol. The minimum atomic E-state index is -0.217. The van der Waals surface area contributed by atoms with Crippen molar-refractivity contribution in [3.8, 4) is 0 Å². The van der Waals surface area contributed by atoms with E-state index in [0.29, 0.717) is 18.0 Å². The monoisotopic (exact) mass is 923 g/mol. The Bertz CT molecular complexity index is 2440. The van der Waals surface area contributed by atoms with Crippen molar-refractivity contribution in [2.24, 2.45) is 5.92 Å². The zero-order valence-corrected chi connectivity index (χ0v) is 43.3. The number of aromatic nitrogens is 2. The zero-order chi connectivity index (χ0) is 48.5. The van der Waals surface area contributed by atoms with E-state index in [1.165, 1.54) is 84.4 Å². The number of rotatable bonds is 23. The minimum absolute atomic E-state index is 0.0407. The third kappa shape index (κ3) is 12.5. The van der Waals surface area contributed by atoms with Crippen LogP contribution in [0.15, 0.2) is 94.8 Å². The van der Waals surface area contributed by atoms with Crippen LogP contribution in [0.2, 0.25) is 0 Å². The van der Waals surface area contributed by atoms with Crippen molar-refractivity contribution >= 4 is 22.6 Å². The molecular formula is C60H83FN6O. The van der Waals surface area contributed by atoms with Crippen molar-refractivity contribution < 1.29 is 9.18 Å². The molecule has 2 fully saturated rings. The molecule has 0 radical (unpaired) electrons. The molecule has 0 bridgehead atoms. The summed E-state index contributed by atoms with van der Waals surface area (Å²) in [5.74, 6) is 3.09. The lowest BCUT2D eigenvalue weighted by molar-refractivity contribution is 0.0730. The molecule has 68 heavy (non-hydrogen) atoms. The van der Waals surface area contributed by atoms with Gasteiger partial charge in [0.2, 0.25) is 0 Å². The van der Waals surface area contributed by atoms with Crippen LogP contribution in [0.4, 0.5) is 10.2 Å². The molecule has 2 aliphatic carbocycles. The van der Waals surface area contributed by atoms with Crippen LogP contribution in [0.3, 0.4) is 0 Å². The number of fused-ring (bicyclic) bond motifs is 2. The summed E-state index contributed by atoms with van der Waals surface area (Å²) in [6.07, 6.45) is 28.3. The second-order valence-electron chi connectivity index (χ2n) is 20.8. The minimum Gasteiger partial charge on any atom is -0.392 e. The van der Waals surface area contributed by atoms with Gasteiger partial charge in [-0.3, -0.25) is 4.79 Å². The third-order valence-electron chi connectivity index (χ3n) is 15.7. The molecule has 8 heteroatoms. The van der Waals surface area contributed by atoms with Crippen molar-refractivity contribution in [3.05, 3.63) is 134 Å². The quantitative estimate of drug-likeness (QED) is 0.0561. The Kier molecular flexibility index (Phi) is 17.8. The van der Waals surface area contributed by atoms with Crippen LogP contribution < -0.4 is 10.6 Å². The topological polar surface area (TPSA) is 73.4 Å². The van der Waals surface area contributed by atoms with Crippen LogP contribution in [-0.4, -0.2) is 64.4 Å². The number of nitrogens with one attached hydrogen (secondary N) is 2. The molecule has 3 heterocycles. The number of hydrogen-bond donors (Lipinski definition) is 2. The van der Waals surface area contributed by atoms with Crippen molar-refractivity contribution in [2.75, 3.05) is 32.0 Å². The largest absolute Gasteiger partial charge is 0.392 e. The van der Waals surface area contributed by atoms with Gasteiger partial charge in [0, 0.05) is 36.3 Å². The van der Waals surface area contributed by atoms with Crippen LogP contribution in [0, 0.1) is 18.7 Å². The summed E-state index contributed by atoms with van der Waals surface area (Å²) >= 11 is 0. The molecule has 1 aromatic heterocycles. The number of carbonyl (C=O) groups excluding carboxylic acids is 1. The first kappa shape index (κ1) is 51.0. The SMILES string of the molecule is C=C(CCC(C=C(C)C)N1Cc2cc(C3CCN(CCCCCCCC4CC4c4cc5nc(C)nc(NC(C)/C(C)=C/C(=C\C)C6=C(CC)CCC=C6)c5cc4CC)CC3)c(F)cc2C1=O)NC. The lowest BCUT2D eigenvalue weighted by Gasteiger charge is -2.32. The molecular weight excluding hydrogens is 840 g/mol. The van der Waals surface area contributed by atoms with Gasteiger partial charge in [-0.15, -0.1) is 0 Å². The molecule has 4 aliphatic rings. The van der Waals surface area contributed by atoms with Gasteiger partial charge in [-0.2, -0.15) is 0 Å². The fraction of sp³-hybridized carbons (Fsp3) is 0.550. The Morgan fingerprint density at radius 1 is 1.00 bits per heavy atom. The maximum atomic E-state index is 15.7. The molecule has 2 aliphatic heterocycles. The Balaban J connectivity index is 0.841. The first-order valence-electron chi connectivity index (χ1n) is 26.5. The highest BCUT2D eigenvalue weighted by Crippen LogP contribution is 2.52. The van der Waals surface area contributed by atoms with E-state index in [0.717, 1.165) is 116 Å². The number of anilines is 1. The summed E-state index contributed by atoms with van der Waals surface area (Å²) in [6.45, 7) is 25.1. The Morgan fingerprint density at radius 3 is 2.49 bits per heavy atom. The summed E-state index contributed by atoms with van der Waals surface area (Å²) < 4.78 is 15.7. The van der Waals surface area contributed by atoms with Crippen LogP contribution >= 0.6 is 0 Å². The van der Waals surface area contributed by atoms with Gasteiger partial charge in [0.1, 0.15) is 17.5 Å². The van der Waals surface area contributed by atoms with E-state index in [2.05, 4.69) is 113 Å². The van der Waals surface area contributed by atoms with Gasteiger partial charge in [0.05, 0.1) is 11.6 Å². The highest BCUT2D eigenvalue weighted by molar-refractivity contribution is 5.99. The predicted octanol–water partition coefficient (Wildman–Crippen LogP) is 14.5. The molecule has 7 nitrogen and oxygen atoms in total. The Hall–Kier alpha value is -4.82. The Labute approximate surface area is 409 Å². The number of allylic oxidation sites excluding steroid dienone is 9. The molecule has 1 saturated carbocycles. The summed E-state index contributed by atoms with van der Waals surface area (Å²) in [5, 5.41) is 8.04. The smallest absolute Gasteiger partial charge is 0.255 e. The van der Waals surface area contributed by atoms with Gasteiger partial charge in [-0.05, 0) is 201 Å². The van der Waals surface area contributed by atoms with Crippen molar-refractivity contribution in [1.82, 2.24) is 25.1 Å². The number of hydrogen-bond acceptors (Lipinski definition) is 6. The molecule has 366 valence electrons. The zero-order valence-electron chi connectivity index (χ0n) is 43.3. The van der Waals surface area contributed by atoms with Crippen LogP contribution in [0.5, 0.6) is 0 Å². The number of halogens is 1. The third-order valence-corrected chi connectivity index (χ3v) is 15.7. The number of nitrogens with zero attached hydrogens (tertiary/aromatic N) is 4. The van der Waals surface area contributed by atoms with E-state index < -0.39 is 0 Å². The normalized spacial score (nSPS) is 20.0. The fourth-order valence-electron chi connectivity index (χ4n) is 11.3. The van der Waals surface area contributed by atoms with Crippen LogP contribution in [0.25, 0.3) is 10.9 Å². The van der Waals surface area contributed by atoms with Crippen molar-refractivity contribution in [3.63, 3.8) is 0 Å². The lowest BCUT2D eigenvalue weighted by Crippen LogP contribution is -2.34. The average Bonchev–Trinajstić information content (AvgIpc) is 4.04. The number of carbonyl (C=O) groups is 1. The van der Waals surface area contributed by atoms with Gasteiger partial charge in [-0.1, -0.05) is 99.3 Å². The van der Waals surface area contributed by atoms with Gasteiger partial charge >= 0.3 is 0 Å². The molecule has 4 atom stereocenters. The molecule has 1 saturated heterocycles. The molecule has 7 rings (SSSR count). The maximum absolute atomic E-state index is 15.7. The van der Waals surface area contributed by atoms with Crippen LogP contribution in [0.1, 0.15) is 189 Å². The highest BCUT2D eigenvalue weighted by Gasteiger charge is 2.39. The fourth-order valence-corrected chi connectivity index (χ4v) is 11.3. The molecule has 3 aromatic rings. The number of amides is 1. The molecule has 2 aromatic carbocycles. The predicted molar refractivity (Wildman–Crippen MR) is 284 cm³/mol. The summed E-state index contributed by atoms with van der Waals surface area (Å²) in [7, 11) is 1.88. The number of benzene rings is 2. The molecule has 4 unspecified atom stereocenters. The molecule has 1 amide bonds. The van der Waals surface area contributed by atoms with E-state index in [-0.39, 0.29) is 29.7 Å². The first-order chi connectivity index (χ1) is 32.8. The van der Waals surface area contributed by atoms with E-state index in [4.69, 9.17) is 9.97 Å². The maximum Gasteiger partial charge on any atom is 0.255 e. The first-order valence-corrected chi connectivity index (χ1v) is 26.5. The number of likely N-dealkylation sites (tertiary alicyclic amines) is 1. The summed E-state index contributed by atoms with van der Waals surface area (Å²) in [5.41, 5.74) is 14.0. The van der Waals surface area contributed by atoms with E-state index >= 15 is 4.39 Å².